The Bertz CT molecular complexity index is 577. The molecule has 2 rings (SSSR count). The maximum atomic E-state index is 9.27. The molecule has 0 spiro atoms. The lowest BCUT2D eigenvalue weighted by molar-refractivity contribution is 0.199. The molecule has 0 aliphatic heterocycles. The molecule has 1 aromatic heterocycles. The topological polar surface area (TPSA) is 54.4 Å². The van der Waals surface area contributed by atoms with E-state index in [1.807, 2.05) is 25.1 Å². The molecule has 4 nitrogen and oxygen atoms in total. The van der Waals surface area contributed by atoms with Gasteiger partial charge in [-0.15, -0.1) is 11.8 Å². The first-order valence-electron chi connectivity index (χ1n) is 7.10. The third-order valence-electron chi connectivity index (χ3n) is 3.13. The van der Waals surface area contributed by atoms with Crippen LogP contribution in [0.5, 0.6) is 0 Å². The number of benzene rings is 1. The molecule has 1 unspecified atom stereocenters. The van der Waals surface area contributed by atoms with Gasteiger partial charge in [-0.25, -0.2) is 4.98 Å². The van der Waals surface area contributed by atoms with Crippen molar-refractivity contribution in [3.63, 3.8) is 0 Å². The van der Waals surface area contributed by atoms with Crippen LogP contribution in [0.25, 0.3) is 10.9 Å². The minimum atomic E-state index is 0.136. The van der Waals surface area contributed by atoms with Crippen molar-refractivity contribution in [3.05, 3.63) is 35.9 Å². The summed E-state index contributed by atoms with van der Waals surface area (Å²) in [7, 11) is 1.70. The van der Waals surface area contributed by atoms with Crippen molar-refractivity contribution in [3.8, 4) is 0 Å². The van der Waals surface area contributed by atoms with Crippen molar-refractivity contribution < 1.29 is 9.84 Å². The lowest BCUT2D eigenvalue weighted by Gasteiger charge is -2.14. The van der Waals surface area contributed by atoms with Crippen LogP contribution in [0, 0.1) is 0 Å². The number of methoxy groups -OCH3 is 1. The van der Waals surface area contributed by atoms with Gasteiger partial charge < -0.3 is 15.2 Å². The first-order valence-corrected chi connectivity index (χ1v) is 7.98. The van der Waals surface area contributed by atoms with Gasteiger partial charge in [-0.1, -0.05) is 25.1 Å². The van der Waals surface area contributed by atoms with E-state index in [9.17, 15) is 5.11 Å². The van der Waals surface area contributed by atoms with Gasteiger partial charge in [0, 0.05) is 30.8 Å². The zero-order valence-electron chi connectivity index (χ0n) is 12.5. The van der Waals surface area contributed by atoms with Crippen LogP contribution in [-0.2, 0) is 11.3 Å². The number of aliphatic hydroxyl groups excluding tert-OH is 1. The molecule has 0 amide bonds. The molecule has 1 aromatic carbocycles. The Kier molecular flexibility index (Phi) is 6.45. The van der Waals surface area contributed by atoms with Crippen LogP contribution in [0.15, 0.2) is 35.4 Å². The quantitative estimate of drug-likeness (QED) is 0.579. The van der Waals surface area contributed by atoms with Gasteiger partial charge in [0.2, 0.25) is 0 Å². The molecular weight excluding hydrogens is 284 g/mol. The number of aliphatic hydroxyl groups is 1. The van der Waals surface area contributed by atoms with Gasteiger partial charge in [-0.2, -0.15) is 0 Å². The predicted octanol–water partition coefficient (Wildman–Crippen LogP) is 2.44. The molecular formula is C16H22N2O2S. The molecule has 0 fully saturated rings. The summed E-state index contributed by atoms with van der Waals surface area (Å²) in [6.45, 7) is 4.40. The number of para-hydroxylation sites is 1. The molecule has 0 aliphatic rings. The standard InChI is InChI=1S/C16H22N2O2S/c1-12(11-19)21-16-14(10-17-7-8-20-2)9-13-5-3-4-6-15(13)18-16/h3-6,9,12,17,19H,7-8,10-11H2,1-2H3. The summed E-state index contributed by atoms with van der Waals surface area (Å²) in [6, 6.07) is 10.3. The third kappa shape index (κ3) is 4.68. The van der Waals surface area contributed by atoms with E-state index in [1.54, 1.807) is 18.9 Å². The smallest absolute Gasteiger partial charge is 0.102 e. The molecule has 0 aliphatic carbocycles. The highest BCUT2D eigenvalue weighted by Gasteiger charge is 2.11. The summed E-state index contributed by atoms with van der Waals surface area (Å²) in [5.74, 6) is 0. The first kappa shape index (κ1) is 16.2. The first-order chi connectivity index (χ1) is 10.2. The van der Waals surface area contributed by atoms with Gasteiger partial charge in [-0.05, 0) is 17.7 Å². The fourth-order valence-electron chi connectivity index (χ4n) is 2.00. The van der Waals surface area contributed by atoms with Crippen molar-refractivity contribution in [2.45, 2.75) is 23.7 Å². The van der Waals surface area contributed by atoms with Crippen LogP contribution in [-0.4, -0.2) is 42.2 Å². The van der Waals surface area contributed by atoms with E-state index < -0.39 is 0 Å². The summed E-state index contributed by atoms with van der Waals surface area (Å²) in [5.41, 5.74) is 2.15. The van der Waals surface area contributed by atoms with Crippen LogP contribution >= 0.6 is 11.8 Å². The Morgan fingerprint density at radius 1 is 1.38 bits per heavy atom. The van der Waals surface area contributed by atoms with Crippen LogP contribution in [0.3, 0.4) is 0 Å². The minimum absolute atomic E-state index is 0.136. The summed E-state index contributed by atoms with van der Waals surface area (Å²) in [4.78, 5) is 4.74. The Hall–Kier alpha value is -1.14. The number of rotatable bonds is 8. The molecule has 0 saturated carbocycles. The molecule has 0 bridgehead atoms. The normalized spacial score (nSPS) is 12.7. The fourth-order valence-corrected chi connectivity index (χ4v) is 2.89. The third-order valence-corrected chi connectivity index (χ3v) is 4.26. The molecule has 1 atom stereocenters. The van der Waals surface area contributed by atoms with Crippen molar-refractivity contribution in [2.75, 3.05) is 26.9 Å². The highest BCUT2D eigenvalue weighted by atomic mass is 32.2. The van der Waals surface area contributed by atoms with Gasteiger partial charge >= 0.3 is 0 Å². The number of hydrogen-bond donors (Lipinski definition) is 2. The number of pyridine rings is 1. The molecule has 114 valence electrons. The highest BCUT2D eigenvalue weighted by Crippen LogP contribution is 2.28. The Balaban J connectivity index is 2.23. The monoisotopic (exact) mass is 306 g/mol. The summed E-state index contributed by atoms with van der Waals surface area (Å²) >= 11 is 1.62. The maximum absolute atomic E-state index is 9.27. The van der Waals surface area contributed by atoms with Crippen LogP contribution in [0.1, 0.15) is 12.5 Å². The van der Waals surface area contributed by atoms with Gasteiger partial charge in [0.25, 0.3) is 0 Å². The second-order valence-electron chi connectivity index (χ2n) is 4.93. The van der Waals surface area contributed by atoms with Crippen LogP contribution in [0.4, 0.5) is 0 Å². The number of hydrogen-bond acceptors (Lipinski definition) is 5. The van der Waals surface area contributed by atoms with Crippen molar-refractivity contribution in [1.82, 2.24) is 10.3 Å². The van der Waals surface area contributed by atoms with E-state index in [-0.39, 0.29) is 11.9 Å². The second kappa shape index (κ2) is 8.34. The van der Waals surface area contributed by atoms with E-state index in [2.05, 4.69) is 17.4 Å². The molecule has 2 N–H and O–H groups in total. The summed E-state index contributed by atoms with van der Waals surface area (Å²) < 4.78 is 5.05. The van der Waals surface area contributed by atoms with Crippen molar-refractivity contribution >= 4 is 22.7 Å². The van der Waals surface area contributed by atoms with E-state index in [0.717, 1.165) is 34.6 Å². The van der Waals surface area contributed by atoms with Gasteiger partial charge in [-0.3, -0.25) is 0 Å². The van der Waals surface area contributed by atoms with E-state index >= 15 is 0 Å². The molecule has 5 heteroatoms. The van der Waals surface area contributed by atoms with Gasteiger partial charge in [0.1, 0.15) is 5.03 Å². The number of aromatic nitrogens is 1. The van der Waals surface area contributed by atoms with E-state index in [1.165, 1.54) is 0 Å². The average molecular weight is 306 g/mol. The Morgan fingerprint density at radius 3 is 2.95 bits per heavy atom. The van der Waals surface area contributed by atoms with Crippen molar-refractivity contribution in [2.24, 2.45) is 0 Å². The Labute approximate surface area is 129 Å². The zero-order chi connectivity index (χ0) is 15.1. The van der Waals surface area contributed by atoms with Gasteiger partial charge in [0.05, 0.1) is 18.7 Å². The van der Waals surface area contributed by atoms with Gasteiger partial charge in [0.15, 0.2) is 0 Å². The minimum Gasteiger partial charge on any atom is -0.395 e. The lowest BCUT2D eigenvalue weighted by atomic mass is 10.1. The number of ether oxygens (including phenoxy) is 1. The van der Waals surface area contributed by atoms with E-state index in [0.29, 0.717) is 6.61 Å². The SMILES string of the molecule is COCCNCc1cc2ccccc2nc1SC(C)CO. The summed E-state index contributed by atoms with van der Waals surface area (Å²) in [6.07, 6.45) is 0. The van der Waals surface area contributed by atoms with E-state index in [4.69, 9.17) is 9.72 Å². The maximum Gasteiger partial charge on any atom is 0.102 e. The number of thioether (sulfide) groups is 1. The number of nitrogens with one attached hydrogen (secondary N) is 1. The molecule has 0 radical (unpaired) electrons. The van der Waals surface area contributed by atoms with Crippen LogP contribution in [0.2, 0.25) is 0 Å². The molecule has 21 heavy (non-hydrogen) atoms. The average Bonchev–Trinajstić information content (AvgIpc) is 2.51. The molecule has 0 saturated heterocycles. The number of fused-ring (bicyclic) bond motifs is 1. The fraction of sp³-hybridized carbons (Fsp3) is 0.438. The molecule has 1 heterocycles. The zero-order valence-corrected chi connectivity index (χ0v) is 13.3. The highest BCUT2D eigenvalue weighted by molar-refractivity contribution is 7.99. The van der Waals surface area contributed by atoms with Crippen LogP contribution < -0.4 is 5.32 Å². The largest absolute Gasteiger partial charge is 0.395 e. The molecule has 2 aromatic rings. The predicted molar refractivity (Wildman–Crippen MR) is 87.7 cm³/mol. The number of nitrogens with zero attached hydrogens (tertiary/aromatic N) is 1. The summed E-state index contributed by atoms with van der Waals surface area (Å²) in [5, 5.41) is 14.9. The second-order valence-corrected chi connectivity index (χ2v) is 6.35. The van der Waals surface area contributed by atoms with Crippen molar-refractivity contribution in [1.29, 1.82) is 0 Å². The Morgan fingerprint density at radius 2 is 2.19 bits per heavy atom. The lowest BCUT2D eigenvalue weighted by Crippen LogP contribution is -2.19.